The summed E-state index contributed by atoms with van der Waals surface area (Å²) < 4.78 is 26.5. The molecule has 1 amide bonds. The van der Waals surface area contributed by atoms with Gasteiger partial charge in [0.15, 0.2) is 5.13 Å². The second-order valence-corrected chi connectivity index (χ2v) is 10.5. The van der Waals surface area contributed by atoms with Crippen LogP contribution < -0.4 is 5.32 Å². The quantitative estimate of drug-likeness (QED) is 0.632. The lowest BCUT2D eigenvalue weighted by Gasteiger charge is -2.33. The Morgan fingerprint density at radius 3 is 2.43 bits per heavy atom. The molecular formula is C21H24N4O3S2. The number of hydrogen-bond acceptors (Lipinski definition) is 6. The maximum atomic E-state index is 12.5. The zero-order chi connectivity index (χ0) is 21.1. The van der Waals surface area contributed by atoms with E-state index < -0.39 is 10.0 Å². The molecule has 0 saturated carbocycles. The van der Waals surface area contributed by atoms with Gasteiger partial charge < -0.3 is 0 Å². The van der Waals surface area contributed by atoms with Gasteiger partial charge in [0.2, 0.25) is 10.0 Å². The Balaban J connectivity index is 1.33. The monoisotopic (exact) mass is 444 g/mol. The van der Waals surface area contributed by atoms with Crippen molar-refractivity contribution in [3.8, 4) is 0 Å². The molecule has 0 spiro atoms. The van der Waals surface area contributed by atoms with E-state index in [4.69, 9.17) is 0 Å². The molecule has 9 heteroatoms. The second kappa shape index (κ2) is 8.81. The van der Waals surface area contributed by atoms with E-state index in [1.165, 1.54) is 11.3 Å². The SMILES string of the molecule is CCS(=O)(=O)N1CCN(Cc2ccc(C(=O)Nc3nc4ccccc4s3)cc2)CC1. The average molecular weight is 445 g/mol. The van der Waals surface area contributed by atoms with Gasteiger partial charge in [-0.25, -0.2) is 13.4 Å². The number of fused-ring (bicyclic) bond motifs is 1. The summed E-state index contributed by atoms with van der Waals surface area (Å²) in [5, 5.41) is 3.46. The van der Waals surface area contributed by atoms with Crippen LogP contribution in [0.1, 0.15) is 22.8 Å². The van der Waals surface area contributed by atoms with E-state index in [0.29, 0.717) is 36.9 Å². The van der Waals surface area contributed by atoms with Gasteiger partial charge in [-0.05, 0) is 36.8 Å². The number of aromatic nitrogens is 1. The van der Waals surface area contributed by atoms with E-state index in [0.717, 1.165) is 22.3 Å². The third-order valence-corrected chi connectivity index (χ3v) is 8.06. The number of hydrogen-bond donors (Lipinski definition) is 1. The van der Waals surface area contributed by atoms with Gasteiger partial charge in [-0.1, -0.05) is 35.6 Å². The summed E-state index contributed by atoms with van der Waals surface area (Å²) in [6.45, 7) is 4.88. The van der Waals surface area contributed by atoms with Crippen LogP contribution in [0.25, 0.3) is 10.2 Å². The van der Waals surface area contributed by atoms with Crippen molar-refractivity contribution < 1.29 is 13.2 Å². The number of nitrogens with one attached hydrogen (secondary N) is 1. The number of carbonyl (C=O) groups excluding carboxylic acids is 1. The molecule has 1 saturated heterocycles. The van der Waals surface area contributed by atoms with E-state index >= 15 is 0 Å². The van der Waals surface area contributed by atoms with Crippen molar-refractivity contribution in [1.29, 1.82) is 0 Å². The first-order chi connectivity index (χ1) is 14.4. The minimum atomic E-state index is -3.11. The first kappa shape index (κ1) is 20.9. The van der Waals surface area contributed by atoms with Crippen LogP contribution in [0.2, 0.25) is 0 Å². The lowest BCUT2D eigenvalue weighted by molar-refractivity contribution is 0.102. The Morgan fingerprint density at radius 1 is 1.07 bits per heavy atom. The third kappa shape index (κ3) is 4.70. The fourth-order valence-corrected chi connectivity index (χ4v) is 5.41. The van der Waals surface area contributed by atoms with Gasteiger partial charge in [0, 0.05) is 38.3 Å². The number of nitrogens with zero attached hydrogens (tertiary/aromatic N) is 3. The smallest absolute Gasteiger partial charge is 0.257 e. The minimum absolute atomic E-state index is 0.146. The molecule has 3 aromatic rings. The Bertz CT molecular complexity index is 1100. The first-order valence-electron chi connectivity index (χ1n) is 9.90. The van der Waals surface area contributed by atoms with Gasteiger partial charge >= 0.3 is 0 Å². The number of rotatable bonds is 6. The molecule has 158 valence electrons. The molecule has 1 N–H and O–H groups in total. The van der Waals surface area contributed by atoms with Crippen molar-refractivity contribution in [2.45, 2.75) is 13.5 Å². The van der Waals surface area contributed by atoms with Crippen molar-refractivity contribution in [1.82, 2.24) is 14.2 Å². The highest BCUT2D eigenvalue weighted by molar-refractivity contribution is 7.89. The zero-order valence-corrected chi connectivity index (χ0v) is 18.4. The van der Waals surface area contributed by atoms with Crippen molar-refractivity contribution in [2.24, 2.45) is 0 Å². The highest BCUT2D eigenvalue weighted by Crippen LogP contribution is 2.25. The van der Waals surface area contributed by atoms with Crippen LogP contribution in [0.3, 0.4) is 0 Å². The molecule has 2 heterocycles. The fourth-order valence-electron chi connectivity index (χ4n) is 3.46. The molecule has 7 nitrogen and oxygen atoms in total. The third-order valence-electron chi connectivity index (χ3n) is 5.23. The molecule has 1 aromatic heterocycles. The van der Waals surface area contributed by atoms with Crippen LogP contribution in [0.4, 0.5) is 5.13 Å². The molecule has 4 rings (SSSR count). The average Bonchev–Trinajstić information content (AvgIpc) is 3.17. The minimum Gasteiger partial charge on any atom is -0.298 e. The fraction of sp³-hybridized carbons (Fsp3) is 0.333. The number of thiazole rings is 1. The number of carbonyl (C=O) groups is 1. The molecule has 30 heavy (non-hydrogen) atoms. The normalized spacial score (nSPS) is 16.0. The van der Waals surface area contributed by atoms with Crippen molar-refractivity contribution in [3.63, 3.8) is 0 Å². The Morgan fingerprint density at radius 2 is 1.77 bits per heavy atom. The highest BCUT2D eigenvalue weighted by atomic mass is 32.2. The van der Waals surface area contributed by atoms with Crippen molar-refractivity contribution in [2.75, 3.05) is 37.2 Å². The molecule has 0 radical (unpaired) electrons. The summed E-state index contributed by atoms with van der Waals surface area (Å²) in [5.74, 6) is -0.0351. The standard InChI is InChI=1S/C21H24N4O3S2/c1-2-30(27,28)25-13-11-24(12-14-25)15-16-7-9-17(10-8-16)20(26)23-21-22-18-5-3-4-6-19(18)29-21/h3-10H,2,11-15H2,1H3,(H,22,23,26). The van der Waals surface area contributed by atoms with Gasteiger partial charge in [-0.15, -0.1) is 0 Å². The number of amides is 1. The summed E-state index contributed by atoms with van der Waals surface area (Å²) >= 11 is 1.45. The van der Waals surface area contributed by atoms with E-state index in [-0.39, 0.29) is 11.7 Å². The zero-order valence-electron chi connectivity index (χ0n) is 16.7. The predicted octanol–water partition coefficient (Wildman–Crippen LogP) is 3.02. The van der Waals surface area contributed by atoms with Crippen LogP contribution in [-0.2, 0) is 16.6 Å². The van der Waals surface area contributed by atoms with Crippen LogP contribution in [0, 0.1) is 0 Å². The maximum absolute atomic E-state index is 12.5. The Labute approximate surface area is 180 Å². The largest absolute Gasteiger partial charge is 0.298 e. The number of sulfonamides is 1. The van der Waals surface area contributed by atoms with Crippen LogP contribution in [0.5, 0.6) is 0 Å². The number of anilines is 1. The molecule has 0 bridgehead atoms. The molecule has 2 aromatic carbocycles. The maximum Gasteiger partial charge on any atom is 0.257 e. The van der Waals surface area contributed by atoms with E-state index in [1.807, 2.05) is 48.5 Å². The molecular weight excluding hydrogens is 420 g/mol. The van der Waals surface area contributed by atoms with Gasteiger partial charge in [0.1, 0.15) is 0 Å². The van der Waals surface area contributed by atoms with Gasteiger partial charge in [-0.3, -0.25) is 15.0 Å². The lowest BCUT2D eigenvalue weighted by atomic mass is 10.1. The number of piperazine rings is 1. The Kier molecular flexibility index (Phi) is 6.14. The lowest BCUT2D eigenvalue weighted by Crippen LogP contribution is -2.48. The van der Waals surface area contributed by atoms with Gasteiger partial charge in [-0.2, -0.15) is 4.31 Å². The molecule has 0 unspecified atom stereocenters. The first-order valence-corrected chi connectivity index (χ1v) is 12.3. The van der Waals surface area contributed by atoms with Gasteiger partial charge in [0.25, 0.3) is 5.91 Å². The van der Waals surface area contributed by atoms with E-state index in [9.17, 15) is 13.2 Å². The number of benzene rings is 2. The predicted molar refractivity (Wildman–Crippen MR) is 120 cm³/mol. The summed E-state index contributed by atoms with van der Waals surface area (Å²) in [5.41, 5.74) is 2.55. The topological polar surface area (TPSA) is 82.6 Å². The molecule has 1 aliphatic rings. The molecule has 1 aliphatic heterocycles. The molecule has 0 atom stereocenters. The molecule has 1 fully saturated rings. The molecule has 0 aliphatic carbocycles. The Hall–Kier alpha value is -2.33. The summed E-state index contributed by atoms with van der Waals surface area (Å²) in [6.07, 6.45) is 0. The number of para-hydroxylation sites is 1. The summed E-state index contributed by atoms with van der Waals surface area (Å²) in [4.78, 5) is 19.2. The summed E-state index contributed by atoms with van der Waals surface area (Å²) in [6, 6.07) is 15.3. The highest BCUT2D eigenvalue weighted by Gasteiger charge is 2.25. The van der Waals surface area contributed by atoms with Crippen LogP contribution in [-0.4, -0.2) is 60.4 Å². The second-order valence-electron chi connectivity index (χ2n) is 7.21. The van der Waals surface area contributed by atoms with E-state index in [1.54, 1.807) is 11.2 Å². The van der Waals surface area contributed by atoms with Gasteiger partial charge in [0.05, 0.1) is 16.0 Å². The van der Waals surface area contributed by atoms with E-state index in [2.05, 4.69) is 15.2 Å². The van der Waals surface area contributed by atoms with Crippen LogP contribution in [0.15, 0.2) is 48.5 Å². The van der Waals surface area contributed by atoms with Crippen molar-refractivity contribution >= 4 is 42.6 Å². The van der Waals surface area contributed by atoms with Crippen molar-refractivity contribution in [3.05, 3.63) is 59.7 Å². The summed E-state index contributed by atoms with van der Waals surface area (Å²) in [7, 11) is -3.11. The van der Waals surface area contributed by atoms with Crippen LogP contribution >= 0.6 is 11.3 Å².